The van der Waals surface area contributed by atoms with Crippen molar-refractivity contribution < 1.29 is 14.4 Å². The van der Waals surface area contributed by atoms with E-state index in [9.17, 15) is 14.4 Å². The summed E-state index contributed by atoms with van der Waals surface area (Å²) >= 11 is 0. The molecule has 3 heterocycles. The molecule has 11 nitrogen and oxygen atoms in total. The van der Waals surface area contributed by atoms with Crippen molar-refractivity contribution >= 4 is 34.3 Å². The first kappa shape index (κ1) is 25.0. The van der Waals surface area contributed by atoms with Gasteiger partial charge in [-0.05, 0) is 53.8 Å². The molecule has 38 heavy (non-hydrogen) atoms. The van der Waals surface area contributed by atoms with E-state index in [1.165, 1.54) is 4.68 Å². The zero-order valence-electron chi connectivity index (χ0n) is 20.9. The van der Waals surface area contributed by atoms with Gasteiger partial charge in [0.25, 0.3) is 5.91 Å². The lowest BCUT2D eigenvalue weighted by Gasteiger charge is -2.24. The number of hydrogen-bond donors (Lipinski definition) is 3. The van der Waals surface area contributed by atoms with E-state index in [2.05, 4.69) is 20.6 Å². The molecule has 2 atom stereocenters. The summed E-state index contributed by atoms with van der Waals surface area (Å²) in [5.74, 6) is -1.06. The van der Waals surface area contributed by atoms with Crippen LogP contribution in [0, 0.1) is 5.92 Å². The minimum absolute atomic E-state index is 0.0710. The van der Waals surface area contributed by atoms with Crippen LogP contribution in [-0.2, 0) is 22.7 Å². The number of nitrogens with one attached hydrogen (secondary N) is 1. The van der Waals surface area contributed by atoms with E-state index >= 15 is 0 Å². The van der Waals surface area contributed by atoms with Crippen molar-refractivity contribution in [3.63, 3.8) is 0 Å². The number of aromatic nitrogens is 4. The number of nitrogens with two attached hydrogens (primary N) is 2. The number of anilines is 1. The van der Waals surface area contributed by atoms with Crippen LogP contribution in [0.15, 0.2) is 60.9 Å². The maximum absolute atomic E-state index is 13.5. The number of fused-ring (bicyclic) bond motifs is 1. The largest absolute Gasteiger partial charge is 0.364 e. The molecule has 1 aliphatic heterocycles. The number of amides is 3. The molecule has 0 bridgehead atoms. The summed E-state index contributed by atoms with van der Waals surface area (Å²) in [5, 5.41) is 15.5. The molecule has 4 aromatic rings. The summed E-state index contributed by atoms with van der Waals surface area (Å²) in [5.41, 5.74) is 15.2. The van der Waals surface area contributed by atoms with E-state index < -0.39 is 11.9 Å². The number of benzene rings is 2. The number of nitrogens with zero attached hydrogens (tertiary/aromatic N) is 5. The first-order valence-corrected chi connectivity index (χ1v) is 12.3. The first-order valence-electron chi connectivity index (χ1n) is 12.3. The number of primary amides is 1. The van der Waals surface area contributed by atoms with Gasteiger partial charge in [0.15, 0.2) is 5.69 Å². The fourth-order valence-electron chi connectivity index (χ4n) is 4.86. The predicted octanol–water partition coefficient (Wildman–Crippen LogP) is 1.93. The SMILES string of the molecule is CC1CC(C(=O)Nc2ccc(CN)cc2)N(C(=O)Cn2nc(C(N)=O)c3cc(-c4ccnnc4)ccc32)C1. The van der Waals surface area contributed by atoms with Gasteiger partial charge in [0, 0.05) is 29.7 Å². The van der Waals surface area contributed by atoms with Gasteiger partial charge in [0.05, 0.1) is 17.9 Å². The lowest BCUT2D eigenvalue weighted by Crippen LogP contribution is -2.44. The van der Waals surface area contributed by atoms with Crippen LogP contribution in [0.1, 0.15) is 29.4 Å². The van der Waals surface area contributed by atoms with Gasteiger partial charge in [0.1, 0.15) is 12.6 Å². The van der Waals surface area contributed by atoms with Crippen LogP contribution in [0.5, 0.6) is 0 Å². The second-order valence-electron chi connectivity index (χ2n) is 9.53. The van der Waals surface area contributed by atoms with E-state index in [1.807, 2.05) is 25.1 Å². The van der Waals surface area contributed by atoms with Crippen LogP contribution >= 0.6 is 0 Å². The third kappa shape index (κ3) is 4.96. The van der Waals surface area contributed by atoms with E-state index in [4.69, 9.17) is 11.5 Å². The Morgan fingerprint density at radius 1 is 1.05 bits per heavy atom. The zero-order valence-corrected chi connectivity index (χ0v) is 20.9. The van der Waals surface area contributed by atoms with Gasteiger partial charge in [-0.1, -0.05) is 25.1 Å². The van der Waals surface area contributed by atoms with E-state index in [1.54, 1.807) is 47.6 Å². The smallest absolute Gasteiger partial charge is 0.269 e. The van der Waals surface area contributed by atoms with Crippen molar-refractivity contribution in [1.82, 2.24) is 24.9 Å². The Balaban J connectivity index is 1.38. The molecule has 1 saturated heterocycles. The minimum atomic E-state index is -0.695. The Kier molecular flexibility index (Phi) is 6.84. The summed E-state index contributed by atoms with van der Waals surface area (Å²) in [6, 6.07) is 13.9. The molecule has 2 aromatic carbocycles. The Bertz CT molecular complexity index is 1500. The average Bonchev–Trinajstić information content (AvgIpc) is 3.50. The maximum atomic E-state index is 13.5. The van der Waals surface area contributed by atoms with Crippen LogP contribution < -0.4 is 16.8 Å². The molecular formula is C27H28N8O3. The van der Waals surface area contributed by atoms with Gasteiger partial charge in [-0.3, -0.25) is 19.1 Å². The van der Waals surface area contributed by atoms with Crippen LogP contribution in [-0.4, -0.2) is 55.2 Å². The molecule has 0 radical (unpaired) electrons. The second kappa shape index (κ2) is 10.4. The highest BCUT2D eigenvalue weighted by molar-refractivity contribution is 6.05. The second-order valence-corrected chi connectivity index (χ2v) is 9.53. The summed E-state index contributed by atoms with van der Waals surface area (Å²) in [6.45, 7) is 2.73. The van der Waals surface area contributed by atoms with Crippen LogP contribution in [0.4, 0.5) is 5.69 Å². The molecule has 0 saturated carbocycles. The van der Waals surface area contributed by atoms with Crippen molar-refractivity contribution in [2.24, 2.45) is 17.4 Å². The number of carbonyl (C=O) groups excluding carboxylic acids is 3. The molecule has 194 valence electrons. The van der Waals surface area contributed by atoms with Crippen molar-refractivity contribution in [3.05, 3.63) is 72.2 Å². The molecule has 1 aliphatic rings. The lowest BCUT2D eigenvalue weighted by atomic mass is 10.0. The number of hydrogen-bond acceptors (Lipinski definition) is 7. The van der Waals surface area contributed by atoms with Gasteiger partial charge >= 0.3 is 0 Å². The first-order chi connectivity index (χ1) is 18.3. The number of carbonyl (C=O) groups is 3. The standard InChI is InChI=1S/C27H28N8O3/c1-16-10-23(27(38)32-20-5-2-17(12-28)3-6-20)34(14-16)24(36)15-35-22-7-4-18(19-8-9-30-31-13-19)11-21(22)25(33-35)26(29)37/h2-9,11,13,16,23H,10,12,14-15,28H2,1H3,(H2,29,37)(H,32,38). The summed E-state index contributed by atoms with van der Waals surface area (Å²) in [7, 11) is 0. The Morgan fingerprint density at radius 3 is 2.53 bits per heavy atom. The van der Waals surface area contributed by atoms with Crippen molar-refractivity contribution in [2.45, 2.75) is 32.5 Å². The van der Waals surface area contributed by atoms with Crippen LogP contribution in [0.25, 0.3) is 22.0 Å². The van der Waals surface area contributed by atoms with Gasteiger partial charge in [-0.25, -0.2) is 0 Å². The molecule has 1 fully saturated rings. The third-order valence-electron chi connectivity index (χ3n) is 6.78. The highest BCUT2D eigenvalue weighted by Gasteiger charge is 2.38. The van der Waals surface area contributed by atoms with E-state index in [0.29, 0.717) is 36.1 Å². The van der Waals surface area contributed by atoms with Crippen molar-refractivity contribution in [3.8, 4) is 11.1 Å². The summed E-state index contributed by atoms with van der Waals surface area (Å²) in [6.07, 6.45) is 3.74. The molecule has 2 aromatic heterocycles. The Labute approximate surface area is 218 Å². The van der Waals surface area contributed by atoms with Crippen LogP contribution in [0.3, 0.4) is 0 Å². The molecule has 0 aliphatic carbocycles. The predicted molar refractivity (Wildman–Crippen MR) is 142 cm³/mol. The zero-order chi connectivity index (χ0) is 26.8. The van der Waals surface area contributed by atoms with E-state index in [-0.39, 0.29) is 30.0 Å². The van der Waals surface area contributed by atoms with E-state index in [0.717, 1.165) is 16.7 Å². The van der Waals surface area contributed by atoms with Gasteiger partial charge < -0.3 is 21.7 Å². The topological polar surface area (TPSA) is 162 Å². The monoisotopic (exact) mass is 512 g/mol. The van der Waals surface area contributed by atoms with Crippen molar-refractivity contribution in [2.75, 3.05) is 11.9 Å². The van der Waals surface area contributed by atoms with Gasteiger partial charge in [-0.2, -0.15) is 15.3 Å². The number of rotatable bonds is 7. The summed E-state index contributed by atoms with van der Waals surface area (Å²) in [4.78, 5) is 40.4. The lowest BCUT2D eigenvalue weighted by molar-refractivity contribution is -0.137. The molecule has 2 unspecified atom stereocenters. The fourth-order valence-corrected chi connectivity index (χ4v) is 4.86. The average molecular weight is 513 g/mol. The number of likely N-dealkylation sites (tertiary alicyclic amines) is 1. The van der Waals surface area contributed by atoms with Gasteiger partial charge in [-0.15, -0.1) is 0 Å². The maximum Gasteiger partial charge on any atom is 0.269 e. The minimum Gasteiger partial charge on any atom is -0.364 e. The Hall–Kier alpha value is -4.64. The molecule has 3 amide bonds. The molecule has 5 N–H and O–H groups in total. The Morgan fingerprint density at radius 2 is 1.84 bits per heavy atom. The summed E-state index contributed by atoms with van der Waals surface area (Å²) < 4.78 is 1.47. The highest BCUT2D eigenvalue weighted by Crippen LogP contribution is 2.28. The van der Waals surface area contributed by atoms with Crippen molar-refractivity contribution in [1.29, 1.82) is 0 Å². The molecule has 11 heteroatoms. The van der Waals surface area contributed by atoms with Crippen LogP contribution in [0.2, 0.25) is 0 Å². The highest BCUT2D eigenvalue weighted by atomic mass is 16.2. The van der Waals surface area contributed by atoms with Gasteiger partial charge in [0.2, 0.25) is 11.8 Å². The third-order valence-corrected chi connectivity index (χ3v) is 6.78. The molecule has 5 rings (SSSR count). The molecular weight excluding hydrogens is 484 g/mol. The quantitative estimate of drug-likeness (QED) is 0.341. The normalized spacial score (nSPS) is 17.1. The fraction of sp³-hybridized carbons (Fsp3) is 0.259. The molecule has 0 spiro atoms.